The lowest BCUT2D eigenvalue weighted by atomic mass is 10.3. The molecule has 4 heteroatoms. The minimum absolute atomic E-state index is 0.407. The molecule has 0 spiro atoms. The van der Waals surface area contributed by atoms with E-state index in [9.17, 15) is 8.78 Å². The van der Waals surface area contributed by atoms with Gasteiger partial charge in [-0.05, 0) is 18.9 Å². The zero-order chi connectivity index (χ0) is 9.03. The topological polar surface area (TPSA) is 32.3 Å². The SMILES string of the molecule is OCC(F)(F)CNCCC1CC1. The van der Waals surface area contributed by atoms with Crippen molar-refractivity contribution in [1.82, 2.24) is 5.32 Å². The highest BCUT2D eigenvalue weighted by atomic mass is 19.3. The predicted molar refractivity (Wildman–Crippen MR) is 42.2 cm³/mol. The average Bonchev–Trinajstić information content (AvgIpc) is 2.82. The highest BCUT2D eigenvalue weighted by Gasteiger charge is 2.27. The maximum absolute atomic E-state index is 12.4. The Morgan fingerprint density at radius 3 is 2.58 bits per heavy atom. The van der Waals surface area contributed by atoms with Crippen LogP contribution in [0.3, 0.4) is 0 Å². The summed E-state index contributed by atoms with van der Waals surface area (Å²) in [7, 11) is 0. The molecule has 1 aliphatic carbocycles. The Bertz CT molecular complexity index is 137. The molecule has 0 radical (unpaired) electrons. The van der Waals surface area contributed by atoms with Gasteiger partial charge in [-0.3, -0.25) is 0 Å². The van der Waals surface area contributed by atoms with Crippen molar-refractivity contribution in [3.8, 4) is 0 Å². The van der Waals surface area contributed by atoms with Crippen LogP contribution in [0.4, 0.5) is 8.78 Å². The second-order valence-corrected chi connectivity index (χ2v) is 3.42. The van der Waals surface area contributed by atoms with Gasteiger partial charge in [-0.2, -0.15) is 0 Å². The Kier molecular flexibility index (Phi) is 3.40. The van der Waals surface area contributed by atoms with E-state index in [1.54, 1.807) is 0 Å². The lowest BCUT2D eigenvalue weighted by Crippen LogP contribution is -2.36. The van der Waals surface area contributed by atoms with Crippen molar-refractivity contribution in [2.75, 3.05) is 19.7 Å². The van der Waals surface area contributed by atoms with E-state index in [1.165, 1.54) is 12.8 Å². The lowest BCUT2D eigenvalue weighted by molar-refractivity contribution is -0.0474. The number of nitrogens with one attached hydrogen (secondary N) is 1. The normalized spacial score (nSPS) is 18.2. The molecular weight excluding hydrogens is 164 g/mol. The molecule has 72 valence electrons. The summed E-state index contributed by atoms with van der Waals surface area (Å²) in [5.74, 6) is -2.19. The van der Waals surface area contributed by atoms with Gasteiger partial charge in [0.2, 0.25) is 0 Å². The van der Waals surface area contributed by atoms with Gasteiger partial charge in [0.25, 0.3) is 5.92 Å². The Morgan fingerprint density at radius 2 is 2.08 bits per heavy atom. The predicted octanol–water partition coefficient (Wildman–Crippen LogP) is 1.00. The second-order valence-electron chi connectivity index (χ2n) is 3.42. The van der Waals surface area contributed by atoms with E-state index in [1.807, 2.05) is 0 Å². The summed E-state index contributed by atoms with van der Waals surface area (Å²) in [5.41, 5.74) is 0. The Morgan fingerprint density at radius 1 is 1.42 bits per heavy atom. The highest BCUT2D eigenvalue weighted by Crippen LogP contribution is 2.31. The van der Waals surface area contributed by atoms with Crippen molar-refractivity contribution >= 4 is 0 Å². The molecule has 0 aromatic heterocycles. The molecule has 0 aliphatic heterocycles. The molecule has 0 atom stereocenters. The molecule has 12 heavy (non-hydrogen) atoms. The van der Waals surface area contributed by atoms with Crippen molar-refractivity contribution in [3.05, 3.63) is 0 Å². The molecule has 0 heterocycles. The average molecular weight is 179 g/mol. The van der Waals surface area contributed by atoms with Crippen LogP contribution < -0.4 is 5.32 Å². The number of hydrogen-bond acceptors (Lipinski definition) is 2. The van der Waals surface area contributed by atoms with E-state index in [0.717, 1.165) is 12.3 Å². The fraction of sp³-hybridized carbons (Fsp3) is 1.00. The molecule has 2 nitrogen and oxygen atoms in total. The highest BCUT2D eigenvalue weighted by molar-refractivity contribution is 4.75. The molecule has 0 amide bonds. The lowest BCUT2D eigenvalue weighted by Gasteiger charge is -2.13. The third-order valence-corrected chi connectivity index (χ3v) is 2.04. The van der Waals surface area contributed by atoms with Crippen LogP contribution in [0.2, 0.25) is 0 Å². The van der Waals surface area contributed by atoms with Crippen LogP contribution >= 0.6 is 0 Å². The van der Waals surface area contributed by atoms with E-state index in [2.05, 4.69) is 5.32 Å². The number of aliphatic hydroxyl groups excluding tert-OH is 1. The van der Waals surface area contributed by atoms with Gasteiger partial charge in [0.05, 0.1) is 6.54 Å². The van der Waals surface area contributed by atoms with Crippen LogP contribution in [0.15, 0.2) is 0 Å². The third kappa shape index (κ3) is 3.97. The monoisotopic (exact) mass is 179 g/mol. The number of aliphatic hydroxyl groups is 1. The minimum atomic E-state index is -2.95. The maximum Gasteiger partial charge on any atom is 0.282 e. The van der Waals surface area contributed by atoms with Crippen molar-refractivity contribution in [2.24, 2.45) is 5.92 Å². The molecule has 0 aromatic carbocycles. The van der Waals surface area contributed by atoms with Crippen LogP contribution in [0.25, 0.3) is 0 Å². The van der Waals surface area contributed by atoms with Crippen molar-refractivity contribution in [1.29, 1.82) is 0 Å². The number of hydrogen-bond donors (Lipinski definition) is 2. The van der Waals surface area contributed by atoms with Gasteiger partial charge in [-0.15, -0.1) is 0 Å². The zero-order valence-electron chi connectivity index (χ0n) is 7.02. The molecule has 0 bridgehead atoms. The summed E-state index contributed by atoms with van der Waals surface area (Å²) in [5, 5.41) is 10.9. The second kappa shape index (κ2) is 4.14. The fourth-order valence-electron chi connectivity index (χ4n) is 1.04. The van der Waals surface area contributed by atoms with Crippen LogP contribution in [0.1, 0.15) is 19.3 Å². The quantitative estimate of drug-likeness (QED) is 0.596. The molecule has 1 fully saturated rings. The van der Waals surface area contributed by atoms with Gasteiger partial charge in [0, 0.05) is 0 Å². The van der Waals surface area contributed by atoms with Crippen LogP contribution in [-0.2, 0) is 0 Å². The van der Waals surface area contributed by atoms with Gasteiger partial charge in [0.15, 0.2) is 0 Å². The molecule has 0 saturated heterocycles. The summed E-state index contributed by atoms with van der Waals surface area (Å²) >= 11 is 0. The van der Waals surface area contributed by atoms with E-state index in [0.29, 0.717) is 6.54 Å². The first-order valence-corrected chi connectivity index (χ1v) is 4.33. The summed E-state index contributed by atoms with van der Waals surface area (Å²) in [6, 6.07) is 0. The molecule has 0 unspecified atom stereocenters. The maximum atomic E-state index is 12.4. The zero-order valence-corrected chi connectivity index (χ0v) is 7.02. The summed E-state index contributed by atoms with van der Waals surface area (Å²) in [6.07, 6.45) is 3.48. The van der Waals surface area contributed by atoms with Gasteiger partial charge in [-0.25, -0.2) is 8.78 Å². The standard InChI is InChI=1S/C8H15F2NO/c9-8(10,6-12)5-11-4-3-7-1-2-7/h7,11-12H,1-6H2. The van der Waals surface area contributed by atoms with Crippen molar-refractivity contribution in [3.63, 3.8) is 0 Å². The van der Waals surface area contributed by atoms with E-state index in [4.69, 9.17) is 5.11 Å². The molecular formula is C8H15F2NO. The van der Waals surface area contributed by atoms with Crippen molar-refractivity contribution < 1.29 is 13.9 Å². The Balaban J connectivity index is 1.92. The van der Waals surface area contributed by atoms with E-state index >= 15 is 0 Å². The Hall–Kier alpha value is -0.220. The minimum Gasteiger partial charge on any atom is -0.390 e. The third-order valence-electron chi connectivity index (χ3n) is 2.04. The van der Waals surface area contributed by atoms with Crippen LogP contribution in [0, 0.1) is 5.92 Å². The largest absolute Gasteiger partial charge is 0.390 e. The smallest absolute Gasteiger partial charge is 0.282 e. The molecule has 1 aliphatic rings. The van der Waals surface area contributed by atoms with Crippen LogP contribution in [-0.4, -0.2) is 30.7 Å². The van der Waals surface area contributed by atoms with Crippen LogP contribution in [0.5, 0.6) is 0 Å². The van der Waals surface area contributed by atoms with Gasteiger partial charge in [0.1, 0.15) is 6.61 Å². The van der Waals surface area contributed by atoms with Gasteiger partial charge >= 0.3 is 0 Å². The van der Waals surface area contributed by atoms with Crippen molar-refractivity contribution in [2.45, 2.75) is 25.2 Å². The summed E-state index contributed by atoms with van der Waals surface area (Å²) < 4.78 is 24.8. The summed E-state index contributed by atoms with van der Waals surface area (Å²) in [6.45, 7) is -0.833. The Labute approximate surface area is 71.0 Å². The first kappa shape index (κ1) is 9.86. The summed E-state index contributed by atoms with van der Waals surface area (Å²) in [4.78, 5) is 0. The number of alkyl halides is 2. The van der Waals surface area contributed by atoms with E-state index < -0.39 is 19.1 Å². The number of rotatable bonds is 6. The molecule has 2 N–H and O–H groups in total. The first-order chi connectivity index (χ1) is 5.64. The van der Waals surface area contributed by atoms with Gasteiger partial charge in [-0.1, -0.05) is 12.8 Å². The fourth-order valence-corrected chi connectivity index (χ4v) is 1.04. The molecule has 0 aromatic rings. The van der Waals surface area contributed by atoms with E-state index in [-0.39, 0.29) is 0 Å². The number of halogens is 2. The first-order valence-electron chi connectivity index (χ1n) is 4.33. The molecule has 1 saturated carbocycles. The molecule has 1 rings (SSSR count). The van der Waals surface area contributed by atoms with Gasteiger partial charge < -0.3 is 10.4 Å².